The quantitative estimate of drug-likeness (QED) is 0.812. The van der Waals surface area contributed by atoms with Crippen molar-refractivity contribution < 1.29 is 14.0 Å². The third-order valence-corrected chi connectivity index (χ3v) is 4.27. The van der Waals surface area contributed by atoms with Crippen molar-refractivity contribution in [1.82, 2.24) is 4.90 Å². The number of carbonyl (C=O) groups is 2. The van der Waals surface area contributed by atoms with E-state index in [0.717, 1.165) is 5.69 Å². The van der Waals surface area contributed by atoms with Crippen LogP contribution in [0.2, 0.25) is 0 Å². The van der Waals surface area contributed by atoms with E-state index in [1.54, 1.807) is 28.2 Å². The molecule has 0 N–H and O–H groups in total. The Balaban J connectivity index is 1.71. The topological polar surface area (TPSA) is 77.5 Å². The lowest BCUT2D eigenvalue weighted by Gasteiger charge is -2.24. The molecule has 1 aliphatic rings. The van der Waals surface area contributed by atoms with E-state index in [1.165, 1.54) is 0 Å². The Morgan fingerprint density at radius 2 is 2.08 bits per heavy atom. The Kier molecular flexibility index (Phi) is 5.14. The van der Waals surface area contributed by atoms with Crippen molar-refractivity contribution in [2.75, 3.05) is 18.0 Å². The average molecular weight is 337 g/mol. The molecule has 1 fully saturated rings. The van der Waals surface area contributed by atoms with Crippen molar-refractivity contribution in [2.45, 2.75) is 19.4 Å². The predicted molar refractivity (Wildman–Crippen MR) is 91.3 cm³/mol. The van der Waals surface area contributed by atoms with E-state index in [2.05, 4.69) is 6.07 Å². The third kappa shape index (κ3) is 3.89. The van der Waals surface area contributed by atoms with E-state index >= 15 is 0 Å². The number of para-hydroxylation sites is 1. The summed E-state index contributed by atoms with van der Waals surface area (Å²) in [4.78, 5) is 28.5. The van der Waals surface area contributed by atoms with E-state index in [1.807, 2.05) is 30.3 Å². The Morgan fingerprint density at radius 1 is 1.28 bits per heavy atom. The Bertz CT molecular complexity index is 765. The number of nitriles is 1. The largest absolute Gasteiger partial charge is 0.467 e. The van der Waals surface area contributed by atoms with Crippen LogP contribution in [0.15, 0.2) is 53.1 Å². The number of anilines is 1. The number of hydrogen-bond acceptors (Lipinski definition) is 4. The molecule has 25 heavy (non-hydrogen) atoms. The van der Waals surface area contributed by atoms with Gasteiger partial charge in [0.1, 0.15) is 5.76 Å². The average Bonchev–Trinajstić information content (AvgIpc) is 3.28. The number of benzene rings is 1. The van der Waals surface area contributed by atoms with Crippen LogP contribution < -0.4 is 4.90 Å². The number of rotatable bonds is 6. The summed E-state index contributed by atoms with van der Waals surface area (Å²) in [6.07, 6.45) is 1.99. The van der Waals surface area contributed by atoms with Crippen LogP contribution in [0, 0.1) is 17.2 Å². The highest BCUT2D eigenvalue weighted by Crippen LogP contribution is 2.26. The minimum atomic E-state index is -0.402. The fourth-order valence-electron chi connectivity index (χ4n) is 3.03. The lowest BCUT2D eigenvalue weighted by Crippen LogP contribution is -2.37. The number of carbonyl (C=O) groups excluding carboxylic acids is 2. The fraction of sp³-hybridized carbons (Fsp3) is 0.316. The Labute approximate surface area is 146 Å². The molecule has 3 rings (SSSR count). The number of hydrogen-bond donors (Lipinski definition) is 0. The predicted octanol–water partition coefficient (Wildman–Crippen LogP) is 2.57. The van der Waals surface area contributed by atoms with Gasteiger partial charge in [-0.25, -0.2) is 0 Å². The molecule has 0 aliphatic carbocycles. The minimum absolute atomic E-state index is 0.0530. The number of furan rings is 1. The van der Waals surface area contributed by atoms with Crippen LogP contribution in [0.25, 0.3) is 0 Å². The molecule has 1 aliphatic heterocycles. The van der Waals surface area contributed by atoms with Gasteiger partial charge in [0.05, 0.1) is 31.2 Å². The molecule has 2 heterocycles. The molecule has 128 valence electrons. The molecule has 1 saturated heterocycles. The van der Waals surface area contributed by atoms with Crippen LogP contribution in [0.5, 0.6) is 0 Å². The number of nitrogens with zero attached hydrogens (tertiary/aromatic N) is 3. The first-order valence-electron chi connectivity index (χ1n) is 8.22. The van der Waals surface area contributed by atoms with Gasteiger partial charge in [-0.3, -0.25) is 9.59 Å². The first-order valence-corrected chi connectivity index (χ1v) is 8.22. The molecule has 1 aromatic carbocycles. The maximum Gasteiger partial charge on any atom is 0.228 e. The smallest absolute Gasteiger partial charge is 0.228 e. The molecule has 0 radical (unpaired) electrons. The van der Waals surface area contributed by atoms with E-state index in [-0.39, 0.29) is 24.7 Å². The van der Waals surface area contributed by atoms with Crippen LogP contribution in [-0.2, 0) is 16.1 Å². The summed E-state index contributed by atoms with van der Waals surface area (Å²) < 4.78 is 5.31. The van der Waals surface area contributed by atoms with Gasteiger partial charge in [-0.15, -0.1) is 0 Å². The second-order valence-electron chi connectivity index (χ2n) is 5.99. The highest BCUT2D eigenvalue weighted by Gasteiger charge is 2.37. The zero-order valence-electron chi connectivity index (χ0n) is 13.8. The molecule has 2 aromatic rings. The lowest BCUT2D eigenvalue weighted by atomic mass is 10.1. The van der Waals surface area contributed by atoms with Gasteiger partial charge in [-0.2, -0.15) is 5.26 Å². The Hall–Kier alpha value is -3.07. The van der Waals surface area contributed by atoms with Crippen LogP contribution in [0.1, 0.15) is 18.6 Å². The maximum absolute atomic E-state index is 12.9. The molecule has 0 saturated carbocycles. The van der Waals surface area contributed by atoms with Crippen LogP contribution >= 0.6 is 0 Å². The number of amides is 2. The van der Waals surface area contributed by atoms with Crippen molar-refractivity contribution in [3.8, 4) is 6.07 Å². The van der Waals surface area contributed by atoms with Gasteiger partial charge in [0, 0.05) is 25.2 Å². The summed E-state index contributed by atoms with van der Waals surface area (Å²) in [6.45, 7) is 0.999. The van der Waals surface area contributed by atoms with Gasteiger partial charge in [0.25, 0.3) is 0 Å². The van der Waals surface area contributed by atoms with Crippen LogP contribution in [-0.4, -0.2) is 29.8 Å². The zero-order valence-corrected chi connectivity index (χ0v) is 13.8. The second-order valence-corrected chi connectivity index (χ2v) is 5.99. The molecule has 1 unspecified atom stereocenters. The van der Waals surface area contributed by atoms with Crippen LogP contribution in [0.3, 0.4) is 0 Å². The van der Waals surface area contributed by atoms with E-state index in [0.29, 0.717) is 25.4 Å². The van der Waals surface area contributed by atoms with E-state index in [9.17, 15) is 9.59 Å². The lowest BCUT2D eigenvalue weighted by molar-refractivity contribution is -0.136. The third-order valence-electron chi connectivity index (χ3n) is 4.27. The van der Waals surface area contributed by atoms with Gasteiger partial charge in [0.15, 0.2) is 0 Å². The van der Waals surface area contributed by atoms with Gasteiger partial charge >= 0.3 is 0 Å². The highest BCUT2D eigenvalue weighted by molar-refractivity contribution is 6.00. The monoisotopic (exact) mass is 337 g/mol. The summed E-state index contributed by atoms with van der Waals surface area (Å²) in [5, 5.41) is 8.85. The van der Waals surface area contributed by atoms with Gasteiger partial charge in [-0.1, -0.05) is 18.2 Å². The van der Waals surface area contributed by atoms with Crippen LogP contribution in [0.4, 0.5) is 5.69 Å². The van der Waals surface area contributed by atoms with Crippen molar-refractivity contribution in [3.63, 3.8) is 0 Å². The molecule has 6 nitrogen and oxygen atoms in total. The molecule has 2 amide bonds. The molecule has 1 atom stereocenters. The second kappa shape index (κ2) is 7.67. The summed E-state index contributed by atoms with van der Waals surface area (Å²) in [5.41, 5.74) is 0.803. The van der Waals surface area contributed by atoms with Gasteiger partial charge < -0.3 is 14.2 Å². The fourth-order valence-corrected chi connectivity index (χ4v) is 3.03. The summed E-state index contributed by atoms with van der Waals surface area (Å²) in [7, 11) is 0. The SMILES string of the molecule is N#CCCN(Cc1ccco1)C(=O)C1CC(=O)N(c2ccccc2)C1. The first-order chi connectivity index (χ1) is 12.2. The molecular weight excluding hydrogens is 318 g/mol. The summed E-state index contributed by atoms with van der Waals surface area (Å²) in [6, 6.07) is 15.0. The molecule has 1 aromatic heterocycles. The molecule has 0 bridgehead atoms. The normalized spacial score (nSPS) is 16.7. The highest BCUT2D eigenvalue weighted by atomic mass is 16.3. The van der Waals surface area contributed by atoms with Gasteiger partial charge in [-0.05, 0) is 24.3 Å². The van der Waals surface area contributed by atoms with E-state index < -0.39 is 5.92 Å². The van der Waals surface area contributed by atoms with Crippen molar-refractivity contribution in [3.05, 3.63) is 54.5 Å². The van der Waals surface area contributed by atoms with Crippen molar-refractivity contribution in [2.24, 2.45) is 5.92 Å². The maximum atomic E-state index is 12.9. The Morgan fingerprint density at radius 3 is 2.76 bits per heavy atom. The minimum Gasteiger partial charge on any atom is -0.467 e. The first kappa shape index (κ1) is 16.8. The molecule has 0 spiro atoms. The summed E-state index contributed by atoms with van der Waals surface area (Å²) >= 11 is 0. The standard InChI is InChI=1S/C19H19N3O3/c20-9-5-10-21(14-17-8-4-11-25-17)19(24)15-12-18(23)22(13-15)16-6-2-1-3-7-16/h1-4,6-8,11,15H,5,10,12-14H2. The molecule has 6 heteroatoms. The zero-order chi connectivity index (χ0) is 17.6. The van der Waals surface area contributed by atoms with E-state index in [4.69, 9.17) is 9.68 Å². The summed E-state index contributed by atoms with van der Waals surface area (Å²) in [5.74, 6) is 0.0955. The van der Waals surface area contributed by atoms with Crippen molar-refractivity contribution in [1.29, 1.82) is 5.26 Å². The van der Waals surface area contributed by atoms with Crippen molar-refractivity contribution >= 4 is 17.5 Å². The van der Waals surface area contributed by atoms with Gasteiger partial charge in [0.2, 0.25) is 11.8 Å². The molecular formula is C19H19N3O3.